The third-order valence-electron chi connectivity index (χ3n) is 3.81. The maximum atomic E-state index is 12.0. The first-order valence-corrected chi connectivity index (χ1v) is 6.99. The van der Waals surface area contributed by atoms with Gasteiger partial charge in [0.15, 0.2) is 0 Å². The van der Waals surface area contributed by atoms with Crippen LogP contribution in [0.1, 0.15) is 40.5 Å². The summed E-state index contributed by atoms with van der Waals surface area (Å²) in [4.78, 5) is 24.8. The number of fused-ring (bicyclic) bond motifs is 1. The molecule has 0 aromatic rings. The van der Waals surface area contributed by atoms with Gasteiger partial charge in [-0.25, -0.2) is 4.79 Å². The van der Waals surface area contributed by atoms with E-state index in [2.05, 4.69) is 5.32 Å². The van der Waals surface area contributed by atoms with E-state index in [-0.39, 0.29) is 18.0 Å². The van der Waals surface area contributed by atoms with Crippen molar-refractivity contribution in [3.05, 3.63) is 0 Å². The van der Waals surface area contributed by atoms with Crippen LogP contribution < -0.4 is 5.32 Å². The number of rotatable bonds is 1. The molecule has 2 aliphatic rings. The second kappa shape index (κ2) is 5.02. The Kier molecular flexibility index (Phi) is 3.74. The fourth-order valence-electron chi connectivity index (χ4n) is 3.18. The van der Waals surface area contributed by atoms with Crippen LogP contribution in [0.3, 0.4) is 0 Å². The Bertz CT molecular complexity index is 361. The molecular formula is C14H24N2O3. The standard InChI is InChI=1S/C14H24N2O3/c1-9(17)15-12-5-10-7-16(8-11(10)6-12)13(18)19-14(2,3)4/h10-12H,5-8H2,1-4H3,(H,15,17)/t10-,11?,12?/m0/s1. The van der Waals surface area contributed by atoms with E-state index in [1.807, 2.05) is 25.7 Å². The van der Waals surface area contributed by atoms with Gasteiger partial charge in [0.1, 0.15) is 5.60 Å². The van der Waals surface area contributed by atoms with E-state index in [4.69, 9.17) is 4.74 Å². The lowest BCUT2D eigenvalue weighted by Crippen LogP contribution is -2.37. The van der Waals surface area contributed by atoms with Gasteiger partial charge in [-0.3, -0.25) is 4.79 Å². The van der Waals surface area contributed by atoms with Crippen molar-refractivity contribution in [2.75, 3.05) is 13.1 Å². The highest BCUT2D eigenvalue weighted by Crippen LogP contribution is 2.38. The summed E-state index contributed by atoms with van der Waals surface area (Å²) in [6.45, 7) is 8.73. The SMILES string of the molecule is CC(=O)NC1CC2CN(C(=O)OC(C)(C)C)C[C@@H]2C1. The molecule has 1 aliphatic carbocycles. The average molecular weight is 268 g/mol. The zero-order chi connectivity index (χ0) is 14.2. The van der Waals surface area contributed by atoms with Crippen LogP contribution in [-0.4, -0.2) is 41.6 Å². The van der Waals surface area contributed by atoms with Crippen molar-refractivity contribution in [1.82, 2.24) is 10.2 Å². The Hall–Kier alpha value is -1.26. The number of likely N-dealkylation sites (tertiary alicyclic amines) is 1. The van der Waals surface area contributed by atoms with Gasteiger partial charge in [-0.15, -0.1) is 0 Å². The zero-order valence-electron chi connectivity index (χ0n) is 12.2. The van der Waals surface area contributed by atoms with Gasteiger partial charge >= 0.3 is 6.09 Å². The van der Waals surface area contributed by atoms with Gasteiger partial charge in [0.25, 0.3) is 0 Å². The fraction of sp³-hybridized carbons (Fsp3) is 0.857. The van der Waals surface area contributed by atoms with Crippen molar-refractivity contribution >= 4 is 12.0 Å². The number of amides is 2. The highest BCUT2D eigenvalue weighted by Gasteiger charge is 2.43. The monoisotopic (exact) mass is 268 g/mol. The Balaban J connectivity index is 1.84. The largest absolute Gasteiger partial charge is 0.444 e. The molecule has 0 spiro atoms. The molecule has 2 unspecified atom stereocenters. The summed E-state index contributed by atoms with van der Waals surface area (Å²) in [5, 5.41) is 2.98. The van der Waals surface area contributed by atoms with Crippen molar-refractivity contribution in [2.24, 2.45) is 11.8 Å². The van der Waals surface area contributed by atoms with Gasteiger partial charge in [0.2, 0.25) is 5.91 Å². The number of ether oxygens (including phenoxy) is 1. The Morgan fingerprint density at radius 1 is 1.16 bits per heavy atom. The first kappa shape index (κ1) is 14.2. The van der Waals surface area contributed by atoms with Crippen LogP contribution in [0.4, 0.5) is 4.79 Å². The molecule has 1 N–H and O–H groups in total. The molecular weight excluding hydrogens is 244 g/mol. The lowest BCUT2D eigenvalue weighted by Gasteiger charge is -2.25. The molecule has 0 bridgehead atoms. The van der Waals surface area contributed by atoms with Crippen LogP contribution in [0.5, 0.6) is 0 Å². The van der Waals surface area contributed by atoms with Crippen LogP contribution in [0.15, 0.2) is 0 Å². The number of nitrogens with zero attached hydrogens (tertiary/aromatic N) is 1. The van der Waals surface area contributed by atoms with Crippen molar-refractivity contribution in [1.29, 1.82) is 0 Å². The molecule has 1 aliphatic heterocycles. The first-order valence-electron chi connectivity index (χ1n) is 6.99. The smallest absolute Gasteiger partial charge is 0.410 e. The highest BCUT2D eigenvalue weighted by molar-refractivity contribution is 5.73. The maximum absolute atomic E-state index is 12.0. The summed E-state index contributed by atoms with van der Waals surface area (Å²) in [5.41, 5.74) is -0.437. The normalized spacial score (nSPS) is 30.1. The van der Waals surface area contributed by atoms with Gasteiger partial charge in [-0.1, -0.05) is 0 Å². The van der Waals surface area contributed by atoms with Gasteiger partial charge in [0.05, 0.1) is 0 Å². The van der Waals surface area contributed by atoms with Crippen LogP contribution in [0.2, 0.25) is 0 Å². The van der Waals surface area contributed by atoms with E-state index in [0.29, 0.717) is 11.8 Å². The number of hydrogen-bond acceptors (Lipinski definition) is 3. The zero-order valence-corrected chi connectivity index (χ0v) is 12.2. The van der Waals surface area contributed by atoms with Crippen molar-refractivity contribution in [3.63, 3.8) is 0 Å². The number of hydrogen-bond donors (Lipinski definition) is 1. The van der Waals surface area contributed by atoms with Crippen molar-refractivity contribution in [2.45, 2.75) is 52.2 Å². The van der Waals surface area contributed by atoms with Crippen LogP contribution in [-0.2, 0) is 9.53 Å². The molecule has 1 saturated carbocycles. The third kappa shape index (κ3) is 3.61. The molecule has 0 aromatic carbocycles. The minimum atomic E-state index is -0.437. The van der Waals surface area contributed by atoms with E-state index < -0.39 is 5.60 Å². The molecule has 3 atom stereocenters. The molecule has 5 nitrogen and oxygen atoms in total. The summed E-state index contributed by atoms with van der Waals surface area (Å²) in [7, 11) is 0. The predicted octanol–water partition coefficient (Wildman–Crippen LogP) is 1.77. The second-order valence-corrected chi connectivity index (χ2v) is 6.77. The number of carbonyl (C=O) groups is 2. The topological polar surface area (TPSA) is 58.6 Å². The Morgan fingerprint density at radius 3 is 2.11 bits per heavy atom. The Morgan fingerprint density at radius 2 is 1.68 bits per heavy atom. The molecule has 0 aromatic heterocycles. The molecule has 0 radical (unpaired) electrons. The van der Waals surface area contributed by atoms with Crippen molar-refractivity contribution < 1.29 is 14.3 Å². The van der Waals surface area contributed by atoms with Gasteiger partial charge in [-0.05, 0) is 45.4 Å². The summed E-state index contributed by atoms with van der Waals surface area (Å²) < 4.78 is 5.40. The summed E-state index contributed by atoms with van der Waals surface area (Å²) in [6.07, 6.45) is 1.74. The maximum Gasteiger partial charge on any atom is 0.410 e. The van der Waals surface area contributed by atoms with Gasteiger partial charge in [-0.2, -0.15) is 0 Å². The minimum Gasteiger partial charge on any atom is -0.444 e. The van der Waals surface area contributed by atoms with Gasteiger partial charge < -0.3 is 15.0 Å². The Labute approximate surface area is 114 Å². The molecule has 1 heterocycles. The highest BCUT2D eigenvalue weighted by atomic mass is 16.6. The number of nitrogens with one attached hydrogen (secondary N) is 1. The van der Waals surface area contributed by atoms with E-state index >= 15 is 0 Å². The van der Waals surface area contributed by atoms with Crippen LogP contribution >= 0.6 is 0 Å². The quantitative estimate of drug-likeness (QED) is 0.788. The minimum absolute atomic E-state index is 0.0361. The van der Waals surface area contributed by atoms with E-state index in [1.54, 1.807) is 6.92 Å². The molecule has 2 rings (SSSR count). The second-order valence-electron chi connectivity index (χ2n) is 6.77. The van der Waals surface area contributed by atoms with Gasteiger partial charge in [0, 0.05) is 26.1 Å². The van der Waals surface area contributed by atoms with E-state index in [0.717, 1.165) is 25.9 Å². The molecule has 19 heavy (non-hydrogen) atoms. The van der Waals surface area contributed by atoms with E-state index in [9.17, 15) is 9.59 Å². The average Bonchev–Trinajstić information content (AvgIpc) is 2.70. The predicted molar refractivity (Wildman–Crippen MR) is 71.6 cm³/mol. The lowest BCUT2D eigenvalue weighted by molar-refractivity contribution is -0.119. The number of carbonyl (C=O) groups excluding carboxylic acids is 2. The summed E-state index contributed by atoms with van der Waals surface area (Å²) in [5.74, 6) is 1.04. The fourth-order valence-corrected chi connectivity index (χ4v) is 3.18. The molecule has 108 valence electrons. The van der Waals surface area contributed by atoms with Crippen molar-refractivity contribution in [3.8, 4) is 0 Å². The third-order valence-corrected chi connectivity index (χ3v) is 3.81. The van der Waals surface area contributed by atoms with Crippen LogP contribution in [0, 0.1) is 11.8 Å². The molecule has 1 saturated heterocycles. The van der Waals surface area contributed by atoms with E-state index in [1.165, 1.54) is 0 Å². The molecule has 2 fully saturated rings. The lowest BCUT2D eigenvalue weighted by atomic mass is 10.0. The first-order chi connectivity index (χ1) is 8.74. The summed E-state index contributed by atoms with van der Waals surface area (Å²) in [6, 6.07) is 0.285. The van der Waals surface area contributed by atoms with Crippen LogP contribution in [0.25, 0.3) is 0 Å². The molecule has 5 heteroatoms. The summed E-state index contributed by atoms with van der Waals surface area (Å²) >= 11 is 0. The molecule has 2 amide bonds.